The van der Waals surface area contributed by atoms with E-state index in [1.165, 1.54) is 69.8 Å². The fourth-order valence-electron chi connectivity index (χ4n) is 3.20. The van der Waals surface area contributed by atoms with E-state index in [-0.39, 0.29) is 13.2 Å². The lowest BCUT2D eigenvalue weighted by atomic mass is 10.0. The zero-order valence-electron chi connectivity index (χ0n) is 19.6. The number of benzene rings is 1. The quantitative estimate of drug-likeness (QED) is 0.124. The summed E-state index contributed by atoms with van der Waals surface area (Å²) in [5.74, 6) is 0.228. The highest BCUT2D eigenvalue weighted by atomic mass is 16.5. The first-order valence-electron chi connectivity index (χ1n) is 11.9. The number of hydrogen-bond donors (Lipinski definition) is 1. The molecule has 0 heterocycles. The normalized spacial score (nSPS) is 12.1. The van der Waals surface area contributed by atoms with Gasteiger partial charge in [-0.15, -0.1) is 0 Å². The molecule has 0 fully saturated rings. The molecule has 1 rings (SSSR count). The molecule has 1 unspecified atom stereocenters. The first-order chi connectivity index (χ1) is 15.0. The predicted molar refractivity (Wildman–Crippen MR) is 128 cm³/mol. The highest BCUT2D eigenvalue weighted by Gasteiger charge is 2.10. The minimum absolute atomic E-state index is 0.0824. The number of hydrogen-bond acceptors (Lipinski definition) is 4. The molecule has 4 heteroatoms. The van der Waals surface area contributed by atoms with E-state index in [0.717, 1.165) is 12.2 Å². The van der Waals surface area contributed by atoms with Gasteiger partial charge in [-0.1, -0.05) is 69.9 Å². The Morgan fingerprint density at radius 1 is 1.03 bits per heavy atom. The summed E-state index contributed by atoms with van der Waals surface area (Å²) in [6.07, 6.45) is 17.6. The van der Waals surface area contributed by atoms with Gasteiger partial charge in [0, 0.05) is 5.57 Å². The summed E-state index contributed by atoms with van der Waals surface area (Å²) < 4.78 is 10.6. The summed E-state index contributed by atoms with van der Waals surface area (Å²) in [6, 6.07) is 7.99. The average molecular weight is 431 g/mol. The highest BCUT2D eigenvalue weighted by molar-refractivity contribution is 5.86. The van der Waals surface area contributed by atoms with Crippen LogP contribution in [0.4, 0.5) is 0 Å². The van der Waals surface area contributed by atoms with Gasteiger partial charge in [0.1, 0.15) is 25.1 Å². The van der Waals surface area contributed by atoms with Crippen LogP contribution in [0.15, 0.2) is 48.6 Å². The van der Waals surface area contributed by atoms with E-state index in [0.29, 0.717) is 5.57 Å². The van der Waals surface area contributed by atoms with Gasteiger partial charge in [0.15, 0.2) is 0 Å². The Balaban J connectivity index is 2.13. The maximum atomic E-state index is 11.3. The number of allylic oxidation sites excluding steroid dienone is 2. The van der Waals surface area contributed by atoms with Crippen molar-refractivity contribution < 1.29 is 19.4 Å². The summed E-state index contributed by atoms with van der Waals surface area (Å²) in [6.45, 7) is 7.32. The second-order valence-electron chi connectivity index (χ2n) is 8.26. The van der Waals surface area contributed by atoms with Crippen molar-refractivity contribution in [3.05, 3.63) is 54.1 Å². The van der Waals surface area contributed by atoms with Crippen LogP contribution >= 0.6 is 0 Å². The topological polar surface area (TPSA) is 55.8 Å². The van der Waals surface area contributed by atoms with Crippen LogP contribution in [0.3, 0.4) is 0 Å². The third-order valence-electron chi connectivity index (χ3n) is 5.07. The monoisotopic (exact) mass is 430 g/mol. The van der Waals surface area contributed by atoms with Gasteiger partial charge in [0.25, 0.3) is 0 Å². The number of carbonyl (C=O) groups is 1. The van der Waals surface area contributed by atoms with Crippen molar-refractivity contribution in [3.8, 4) is 5.75 Å². The van der Waals surface area contributed by atoms with Crippen molar-refractivity contribution in [3.63, 3.8) is 0 Å². The van der Waals surface area contributed by atoms with E-state index < -0.39 is 12.1 Å². The van der Waals surface area contributed by atoms with Crippen molar-refractivity contribution in [1.82, 2.24) is 0 Å². The number of aryl methyl sites for hydroxylation is 1. The molecule has 0 aliphatic carbocycles. The van der Waals surface area contributed by atoms with E-state index in [1.54, 1.807) is 6.92 Å². The van der Waals surface area contributed by atoms with Crippen LogP contribution in [0.1, 0.15) is 83.6 Å². The maximum Gasteiger partial charge on any atom is 0.333 e. The molecule has 0 aliphatic heterocycles. The highest BCUT2D eigenvalue weighted by Crippen LogP contribution is 2.16. The first kappa shape index (κ1) is 27.0. The van der Waals surface area contributed by atoms with E-state index in [2.05, 4.69) is 31.7 Å². The maximum absolute atomic E-state index is 11.3. The molecule has 1 atom stereocenters. The molecule has 1 aromatic rings. The number of carbonyl (C=O) groups excluding carboxylic acids is 1. The molecule has 1 N–H and O–H groups in total. The average Bonchev–Trinajstić information content (AvgIpc) is 2.77. The van der Waals surface area contributed by atoms with Crippen LogP contribution in [0.5, 0.6) is 5.75 Å². The summed E-state index contributed by atoms with van der Waals surface area (Å²) in [7, 11) is 0. The summed E-state index contributed by atoms with van der Waals surface area (Å²) in [5, 5.41) is 9.90. The Labute approximate surface area is 189 Å². The van der Waals surface area contributed by atoms with Crippen LogP contribution in [-0.4, -0.2) is 30.4 Å². The lowest BCUT2D eigenvalue weighted by molar-refractivity contribution is -0.142. The minimum Gasteiger partial charge on any atom is -0.491 e. The van der Waals surface area contributed by atoms with Crippen LogP contribution < -0.4 is 4.74 Å². The van der Waals surface area contributed by atoms with Gasteiger partial charge in [-0.05, 0) is 63.1 Å². The molecule has 174 valence electrons. The van der Waals surface area contributed by atoms with E-state index in [4.69, 9.17) is 9.47 Å². The molecule has 31 heavy (non-hydrogen) atoms. The number of unbranched alkanes of at least 4 members (excludes halogenated alkanes) is 8. The molecule has 0 amide bonds. The van der Waals surface area contributed by atoms with Crippen molar-refractivity contribution in [2.45, 2.75) is 90.6 Å². The van der Waals surface area contributed by atoms with Crippen LogP contribution in [0.25, 0.3) is 0 Å². The largest absolute Gasteiger partial charge is 0.491 e. The Bertz CT molecular complexity index is 650. The predicted octanol–water partition coefficient (Wildman–Crippen LogP) is 6.57. The third-order valence-corrected chi connectivity index (χ3v) is 5.07. The molecular formula is C27H42O4. The second-order valence-corrected chi connectivity index (χ2v) is 8.26. The summed E-state index contributed by atoms with van der Waals surface area (Å²) in [4.78, 5) is 11.3. The molecule has 4 nitrogen and oxygen atoms in total. The van der Waals surface area contributed by atoms with Crippen molar-refractivity contribution >= 4 is 5.97 Å². The molecule has 0 saturated carbocycles. The van der Waals surface area contributed by atoms with Crippen LogP contribution in [0, 0.1) is 0 Å². The fraction of sp³-hybridized carbons (Fsp3) is 0.593. The Morgan fingerprint density at radius 3 is 2.39 bits per heavy atom. The molecule has 0 saturated heterocycles. The van der Waals surface area contributed by atoms with Gasteiger partial charge < -0.3 is 14.6 Å². The smallest absolute Gasteiger partial charge is 0.333 e. The molecule has 1 aromatic carbocycles. The van der Waals surface area contributed by atoms with Crippen LogP contribution in [0.2, 0.25) is 0 Å². The minimum atomic E-state index is -0.864. The number of ether oxygens (including phenoxy) is 2. The summed E-state index contributed by atoms with van der Waals surface area (Å²) in [5.41, 5.74) is 1.56. The third kappa shape index (κ3) is 14.5. The van der Waals surface area contributed by atoms with Gasteiger partial charge in [-0.25, -0.2) is 4.79 Å². The Hall–Kier alpha value is -2.07. The van der Waals surface area contributed by atoms with Crippen LogP contribution in [-0.2, 0) is 16.0 Å². The first-order valence-corrected chi connectivity index (χ1v) is 11.9. The molecule has 0 bridgehead atoms. The van der Waals surface area contributed by atoms with Gasteiger partial charge in [0.05, 0.1) is 0 Å². The molecule has 0 spiro atoms. The van der Waals surface area contributed by atoms with Gasteiger partial charge in [0.2, 0.25) is 0 Å². The number of esters is 1. The van der Waals surface area contributed by atoms with Crippen molar-refractivity contribution in [2.24, 2.45) is 0 Å². The van der Waals surface area contributed by atoms with Gasteiger partial charge in [-0.3, -0.25) is 0 Å². The van der Waals surface area contributed by atoms with Gasteiger partial charge >= 0.3 is 5.97 Å². The molecular weight excluding hydrogens is 388 g/mol. The Kier molecular flexibility index (Phi) is 15.3. The van der Waals surface area contributed by atoms with Crippen molar-refractivity contribution in [2.75, 3.05) is 13.2 Å². The zero-order chi connectivity index (χ0) is 22.7. The molecule has 0 aliphatic rings. The fourth-order valence-corrected chi connectivity index (χ4v) is 3.20. The second kappa shape index (κ2) is 17.6. The Morgan fingerprint density at radius 2 is 1.71 bits per heavy atom. The number of rotatable bonds is 18. The van der Waals surface area contributed by atoms with E-state index >= 15 is 0 Å². The standard InChI is InChI=1S/C27H42O4/c1-4-5-6-7-8-9-10-11-12-13-14-15-17-24-18-16-19-26(20-24)30-21-25(28)22-31-27(29)23(2)3/h9-10,16,18-20,25,28H,2,4-8,11-15,17,21-22H2,1,3H3/b10-9-. The lowest BCUT2D eigenvalue weighted by Gasteiger charge is -2.13. The van der Waals surface area contributed by atoms with Crippen molar-refractivity contribution in [1.29, 1.82) is 0 Å². The van der Waals surface area contributed by atoms with E-state index in [9.17, 15) is 9.90 Å². The van der Waals surface area contributed by atoms with E-state index in [1.807, 2.05) is 18.2 Å². The number of aliphatic hydroxyl groups is 1. The SMILES string of the molecule is C=C(C)C(=O)OCC(O)COc1cccc(CCCCCC/C=C\CCCCCC)c1. The molecule has 0 radical (unpaired) electrons. The molecule has 0 aromatic heterocycles. The lowest BCUT2D eigenvalue weighted by Crippen LogP contribution is -2.25. The van der Waals surface area contributed by atoms with Gasteiger partial charge in [-0.2, -0.15) is 0 Å². The zero-order valence-corrected chi connectivity index (χ0v) is 19.6. The number of aliphatic hydroxyl groups excluding tert-OH is 1. The summed E-state index contributed by atoms with van der Waals surface area (Å²) >= 11 is 0.